The zero-order chi connectivity index (χ0) is 10.7. The van der Waals surface area contributed by atoms with Gasteiger partial charge in [-0.25, -0.2) is 4.79 Å². The summed E-state index contributed by atoms with van der Waals surface area (Å²) in [5.74, 6) is -0.485. The molecule has 5 heteroatoms. The monoisotopic (exact) mass is 320 g/mol. The second-order valence-electron chi connectivity index (χ2n) is 2.47. The highest BCUT2D eigenvalue weighted by molar-refractivity contribution is 9.13. The molecule has 0 saturated heterocycles. The van der Waals surface area contributed by atoms with Gasteiger partial charge in [0.25, 0.3) is 0 Å². The van der Waals surface area contributed by atoms with Gasteiger partial charge in [-0.1, -0.05) is 0 Å². The van der Waals surface area contributed by atoms with Gasteiger partial charge in [0.1, 0.15) is 6.29 Å². The van der Waals surface area contributed by atoms with Gasteiger partial charge in [0.15, 0.2) is 0 Å². The Bertz CT molecular complexity index is 388. The highest BCUT2D eigenvalue weighted by atomic mass is 79.9. The summed E-state index contributed by atoms with van der Waals surface area (Å²) in [6, 6.07) is 3.08. The van der Waals surface area contributed by atoms with Gasteiger partial charge in [0.05, 0.1) is 12.7 Å². The summed E-state index contributed by atoms with van der Waals surface area (Å²) in [6.45, 7) is 0. The molecule has 0 aromatic heterocycles. The van der Waals surface area contributed by atoms with Crippen LogP contribution in [0.15, 0.2) is 21.1 Å². The second-order valence-corrected chi connectivity index (χ2v) is 4.12. The number of carbonyl (C=O) groups is 2. The van der Waals surface area contributed by atoms with Gasteiger partial charge in [-0.15, -0.1) is 0 Å². The van der Waals surface area contributed by atoms with Gasteiger partial charge in [0, 0.05) is 14.5 Å². The summed E-state index contributed by atoms with van der Waals surface area (Å²) in [4.78, 5) is 21.8. The Labute approximate surface area is 97.7 Å². The minimum absolute atomic E-state index is 0.323. The standard InChI is InChI=1S/C9H6Br2O3/c1-14-9(13)6-2-5(4-12)3-7(10)8(6)11/h2-4H,1H3. The summed E-state index contributed by atoms with van der Waals surface area (Å²) in [5.41, 5.74) is 0.740. The Morgan fingerprint density at radius 3 is 2.57 bits per heavy atom. The van der Waals surface area contributed by atoms with E-state index < -0.39 is 5.97 Å². The zero-order valence-electron chi connectivity index (χ0n) is 7.21. The maximum absolute atomic E-state index is 11.3. The average molecular weight is 322 g/mol. The molecule has 0 radical (unpaired) electrons. The number of hydrogen-bond donors (Lipinski definition) is 0. The van der Waals surface area contributed by atoms with Gasteiger partial charge >= 0.3 is 5.97 Å². The van der Waals surface area contributed by atoms with Crippen molar-refractivity contribution in [2.24, 2.45) is 0 Å². The predicted molar refractivity (Wildman–Crippen MR) is 58.6 cm³/mol. The van der Waals surface area contributed by atoms with Crippen LogP contribution in [0.3, 0.4) is 0 Å². The number of esters is 1. The molecule has 1 rings (SSSR count). The van der Waals surface area contributed by atoms with Crippen LogP contribution in [0.25, 0.3) is 0 Å². The molecule has 0 fully saturated rings. The van der Waals surface area contributed by atoms with E-state index in [2.05, 4.69) is 36.6 Å². The van der Waals surface area contributed by atoms with Crippen LogP contribution in [0, 0.1) is 0 Å². The van der Waals surface area contributed by atoms with Gasteiger partial charge in [0.2, 0.25) is 0 Å². The van der Waals surface area contributed by atoms with Crippen LogP contribution in [0.5, 0.6) is 0 Å². The third-order valence-electron chi connectivity index (χ3n) is 1.59. The zero-order valence-corrected chi connectivity index (χ0v) is 10.4. The van der Waals surface area contributed by atoms with E-state index in [1.807, 2.05) is 0 Å². The molecular weight excluding hydrogens is 316 g/mol. The summed E-state index contributed by atoms with van der Waals surface area (Å²) in [5, 5.41) is 0. The largest absolute Gasteiger partial charge is 0.465 e. The maximum atomic E-state index is 11.3. The van der Waals surface area contributed by atoms with Crippen molar-refractivity contribution in [3.63, 3.8) is 0 Å². The van der Waals surface area contributed by atoms with Crippen molar-refractivity contribution in [3.8, 4) is 0 Å². The Morgan fingerprint density at radius 2 is 2.07 bits per heavy atom. The number of rotatable bonds is 2. The van der Waals surface area contributed by atoms with E-state index in [1.54, 1.807) is 6.07 Å². The molecule has 0 saturated carbocycles. The molecule has 0 aliphatic heterocycles. The Morgan fingerprint density at radius 1 is 1.43 bits per heavy atom. The van der Waals surface area contributed by atoms with Crippen LogP contribution >= 0.6 is 31.9 Å². The second kappa shape index (κ2) is 4.70. The first-order chi connectivity index (χ1) is 6.60. The molecule has 3 nitrogen and oxygen atoms in total. The Balaban J connectivity index is 3.33. The lowest BCUT2D eigenvalue weighted by Crippen LogP contribution is -2.03. The van der Waals surface area contributed by atoms with Crippen LogP contribution in [0.4, 0.5) is 0 Å². The van der Waals surface area contributed by atoms with Crippen molar-refractivity contribution in [1.82, 2.24) is 0 Å². The minimum Gasteiger partial charge on any atom is -0.465 e. The van der Waals surface area contributed by atoms with E-state index in [1.165, 1.54) is 13.2 Å². The lowest BCUT2D eigenvalue weighted by atomic mass is 10.1. The highest BCUT2D eigenvalue weighted by Gasteiger charge is 2.14. The van der Waals surface area contributed by atoms with Crippen molar-refractivity contribution < 1.29 is 14.3 Å². The van der Waals surface area contributed by atoms with Gasteiger partial charge in [-0.05, 0) is 44.0 Å². The van der Waals surface area contributed by atoms with E-state index in [0.29, 0.717) is 26.4 Å². The molecule has 0 amide bonds. The normalized spacial score (nSPS) is 9.64. The molecule has 0 bridgehead atoms. The van der Waals surface area contributed by atoms with E-state index in [9.17, 15) is 9.59 Å². The first-order valence-corrected chi connectivity index (χ1v) is 5.21. The maximum Gasteiger partial charge on any atom is 0.339 e. The summed E-state index contributed by atoms with van der Waals surface area (Å²) >= 11 is 6.44. The van der Waals surface area contributed by atoms with Crippen molar-refractivity contribution in [2.75, 3.05) is 7.11 Å². The number of hydrogen-bond acceptors (Lipinski definition) is 3. The number of benzene rings is 1. The Hall–Kier alpha value is -0.680. The fraction of sp³-hybridized carbons (Fsp3) is 0.111. The number of halogens is 2. The summed E-state index contributed by atoms with van der Waals surface area (Å²) in [7, 11) is 1.29. The van der Waals surface area contributed by atoms with Crippen molar-refractivity contribution in [1.29, 1.82) is 0 Å². The van der Waals surface area contributed by atoms with Crippen molar-refractivity contribution in [2.45, 2.75) is 0 Å². The lowest BCUT2D eigenvalue weighted by Gasteiger charge is -2.05. The van der Waals surface area contributed by atoms with Gasteiger partial charge in [-0.2, -0.15) is 0 Å². The topological polar surface area (TPSA) is 43.4 Å². The molecule has 0 heterocycles. The van der Waals surface area contributed by atoms with Crippen molar-refractivity contribution >= 4 is 44.1 Å². The van der Waals surface area contributed by atoms with Crippen LogP contribution < -0.4 is 0 Å². The van der Waals surface area contributed by atoms with Gasteiger partial charge < -0.3 is 4.74 Å². The number of ether oxygens (including phenoxy) is 1. The molecular formula is C9H6Br2O3. The Kier molecular flexibility index (Phi) is 3.83. The molecule has 0 atom stereocenters. The predicted octanol–water partition coefficient (Wildman–Crippen LogP) is 2.81. The van der Waals surface area contributed by atoms with Gasteiger partial charge in [-0.3, -0.25) is 4.79 Å². The number of carbonyl (C=O) groups excluding carboxylic acids is 2. The smallest absolute Gasteiger partial charge is 0.339 e. The van der Waals surface area contributed by atoms with Crippen LogP contribution in [-0.4, -0.2) is 19.4 Å². The van der Waals surface area contributed by atoms with E-state index in [4.69, 9.17) is 0 Å². The molecule has 0 aliphatic carbocycles. The average Bonchev–Trinajstić information content (AvgIpc) is 2.20. The summed E-state index contributed by atoms with van der Waals surface area (Å²) < 4.78 is 5.79. The number of methoxy groups -OCH3 is 1. The number of aldehydes is 1. The third kappa shape index (κ3) is 2.22. The van der Waals surface area contributed by atoms with E-state index in [-0.39, 0.29) is 0 Å². The van der Waals surface area contributed by atoms with Crippen LogP contribution in [0.1, 0.15) is 20.7 Å². The first kappa shape index (κ1) is 11.4. The minimum atomic E-state index is -0.485. The SMILES string of the molecule is COC(=O)c1cc(C=O)cc(Br)c1Br. The molecule has 1 aromatic carbocycles. The quantitative estimate of drug-likeness (QED) is 0.621. The van der Waals surface area contributed by atoms with E-state index >= 15 is 0 Å². The van der Waals surface area contributed by atoms with Crippen molar-refractivity contribution in [3.05, 3.63) is 32.2 Å². The molecule has 0 N–H and O–H groups in total. The van der Waals surface area contributed by atoms with E-state index in [0.717, 1.165) is 0 Å². The first-order valence-electron chi connectivity index (χ1n) is 3.62. The fourth-order valence-electron chi connectivity index (χ4n) is 0.937. The molecule has 74 valence electrons. The molecule has 0 unspecified atom stereocenters. The lowest BCUT2D eigenvalue weighted by molar-refractivity contribution is 0.0599. The molecule has 0 spiro atoms. The molecule has 14 heavy (non-hydrogen) atoms. The highest BCUT2D eigenvalue weighted by Crippen LogP contribution is 2.28. The molecule has 0 aliphatic rings. The third-order valence-corrected chi connectivity index (χ3v) is 3.60. The fourth-order valence-corrected chi connectivity index (χ4v) is 1.81. The van der Waals surface area contributed by atoms with Crippen LogP contribution in [0.2, 0.25) is 0 Å². The van der Waals surface area contributed by atoms with Crippen LogP contribution in [-0.2, 0) is 4.74 Å². The summed E-state index contributed by atoms with van der Waals surface area (Å²) in [6.07, 6.45) is 0.670. The molecule has 1 aromatic rings.